The lowest BCUT2D eigenvalue weighted by atomic mass is 9.96. The Morgan fingerprint density at radius 3 is 2.37 bits per heavy atom. The summed E-state index contributed by atoms with van der Waals surface area (Å²) in [5.74, 6) is 0.522. The molecule has 0 aromatic heterocycles. The SMILES string of the molecule is NCC1CCN(Cc2ccccc2C(F)(F)F)CC1. The number of halogens is 3. The van der Waals surface area contributed by atoms with Gasteiger partial charge in [0.05, 0.1) is 5.56 Å². The van der Waals surface area contributed by atoms with Crippen LogP contribution in [-0.4, -0.2) is 24.5 Å². The molecule has 0 bridgehead atoms. The highest BCUT2D eigenvalue weighted by molar-refractivity contribution is 5.29. The molecule has 0 radical (unpaired) electrons. The molecule has 0 atom stereocenters. The van der Waals surface area contributed by atoms with Crippen LogP contribution in [0.15, 0.2) is 24.3 Å². The van der Waals surface area contributed by atoms with Crippen molar-refractivity contribution in [3.63, 3.8) is 0 Å². The van der Waals surface area contributed by atoms with Gasteiger partial charge in [-0.1, -0.05) is 18.2 Å². The Kier molecular flexibility index (Phi) is 4.47. The Morgan fingerprint density at radius 1 is 1.16 bits per heavy atom. The summed E-state index contributed by atoms with van der Waals surface area (Å²) in [7, 11) is 0. The number of rotatable bonds is 3. The van der Waals surface area contributed by atoms with Crippen molar-refractivity contribution in [2.45, 2.75) is 25.6 Å². The number of piperidine rings is 1. The molecule has 5 heteroatoms. The van der Waals surface area contributed by atoms with E-state index in [0.29, 0.717) is 24.6 Å². The van der Waals surface area contributed by atoms with Crippen LogP contribution in [0.1, 0.15) is 24.0 Å². The van der Waals surface area contributed by atoms with Gasteiger partial charge in [0.2, 0.25) is 0 Å². The zero-order valence-electron chi connectivity index (χ0n) is 10.8. The van der Waals surface area contributed by atoms with E-state index in [1.807, 2.05) is 0 Å². The molecule has 19 heavy (non-hydrogen) atoms. The van der Waals surface area contributed by atoms with Crippen LogP contribution in [0.2, 0.25) is 0 Å². The molecule has 2 rings (SSSR count). The van der Waals surface area contributed by atoms with Crippen molar-refractivity contribution in [3.8, 4) is 0 Å². The summed E-state index contributed by atoms with van der Waals surface area (Å²) in [5.41, 5.74) is 5.46. The van der Waals surface area contributed by atoms with E-state index >= 15 is 0 Å². The molecule has 2 N–H and O–H groups in total. The number of benzene rings is 1. The molecular weight excluding hydrogens is 253 g/mol. The molecule has 0 saturated carbocycles. The summed E-state index contributed by atoms with van der Waals surface area (Å²) >= 11 is 0. The second kappa shape index (κ2) is 5.92. The maximum atomic E-state index is 12.9. The lowest BCUT2D eigenvalue weighted by molar-refractivity contribution is -0.138. The first-order valence-electron chi connectivity index (χ1n) is 6.58. The fourth-order valence-corrected chi connectivity index (χ4v) is 2.56. The van der Waals surface area contributed by atoms with Gasteiger partial charge in [-0.3, -0.25) is 4.90 Å². The Morgan fingerprint density at radius 2 is 1.79 bits per heavy atom. The number of nitrogens with zero attached hydrogens (tertiary/aromatic N) is 1. The zero-order chi connectivity index (χ0) is 13.9. The van der Waals surface area contributed by atoms with Crippen molar-refractivity contribution < 1.29 is 13.2 Å². The third-order valence-electron chi connectivity index (χ3n) is 3.76. The first kappa shape index (κ1) is 14.3. The number of hydrogen-bond acceptors (Lipinski definition) is 2. The number of hydrogen-bond donors (Lipinski definition) is 1. The number of nitrogens with two attached hydrogens (primary N) is 1. The summed E-state index contributed by atoms with van der Waals surface area (Å²) in [6.07, 6.45) is -2.32. The monoisotopic (exact) mass is 272 g/mol. The maximum Gasteiger partial charge on any atom is 0.416 e. The molecule has 0 amide bonds. The third kappa shape index (κ3) is 3.70. The number of alkyl halides is 3. The molecule has 1 heterocycles. The van der Waals surface area contributed by atoms with Gasteiger partial charge in [0.15, 0.2) is 0 Å². The van der Waals surface area contributed by atoms with Crippen molar-refractivity contribution in [1.82, 2.24) is 4.90 Å². The van der Waals surface area contributed by atoms with Gasteiger partial charge in [-0.15, -0.1) is 0 Å². The first-order valence-corrected chi connectivity index (χ1v) is 6.58. The van der Waals surface area contributed by atoms with Crippen LogP contribution in [0.3, 0.4) is 0 Å². The van der Waals surface area contributed by atoms with Crippen LogP contribution in [0.25, 0.3) is 0 Å². The second-order valence-electron chi connectivity index (χ2n) is 5.11. The highest BCUT2D eigenvalue weighted by Gasteiger charge is 2.33. The second-order valence-corrected chi connectivity index (χ2v) is 5.11. The molecule has 0 aliphatic carbocycles. The van der Waals surface area contributed by atoms with Gasteiger partial charge >= 0.3 is 6.18 Å². The average molecular weight is 272 g/mol. The molecule has 0 spiro atoms. The van der Waals surface area contributed by atoms with Gasteiger partial charge in [-0.2, -0.15) is 13.2 Å². The van der Waals surface area contributed by atoms with Gasteiger partial charge in [0.25, 0.3) is 0 Å². The summed E-state index contributed by atoms with van der Waals surface area (Å²) in [6, 6.07) is 5.82. The minimum atomic E-state index is -4.27. The molecule has 1 aliphatic heterocycles. The van der Waals surface area contributed by atoms with E-state index in [2.05, 4.69) is 4.90 Å². The smallest absolute Gasteiger partial charge is 0.330 e. The molecule has 106 valence electrons. The fraction of sp³-hybridized carbons (Fsp3) is 0.571. The van der Waals surface area contributed by atoms with E-state index in [4.69, 9.17) is 5.73 Å². The van der Waals surface area contributed by atoms with Crippen LogP contribution < -0.4 is 5.73 Å². The van der Waals surface area contributed by atoms with E-state index in [1.165, 1.54) is 6.07 Å². The van der Waals surface area contributed by atoms with E-state index in [-0.39, 0.29) is 0 Å². The number of likely N-dealkylation sites (tertiary alicyclic amines) is 1. The topological polar surface area (TPSA) is 29.3 Å². The largest absolute Gasteiger partial charge is 0.416 e. The first-order chi connectivity index (χ1) is 9.00. The zero-order valence-corrected chi connectivity index (χ0v) is 10.8. The molecule has 1 saturated heterocycles. The summed E-state index contributed by atoms with van der Waals surface area (Å²) in [6.45, 7) is 2.70. The molecule has 1 aliphatic rings. The summed E-state index contributed by atoms with van der Waals surface area (Å²) in [5, 5.41) is 0. The minimum absolute atomic E-state index is 0.362. The van der Waals surface area contributed by atoms with Crippen LogP contribution in [0, 0.1) is 5.92 Å². The van der Waals surface area contributed by atoms with Crippen LogP contribution >= 0.6 is 0 Å². The van der Waals surface area contributed by atoms with Crippen molar-refractivity contribution in [1.29, 1.82) is 0 Å². The maximum absolute atomic E-state index is 12.9. The van der Waals surface area contributed by atoms with E-state index in [9.17, 15) is 13.2 Å². The Hall–Kier alpha value is -1.07. The average Bonchev–Trinajstić information content (AvgIpc) is 2.39. The highest BCUT2D eigenvalue weighted by atomic mass is 19.4. The standard InChI is InChI=1S/C14H19F3N2/c15-14(16,17)13-4-2-1-3-12(13)10-19-7-5-11(9-18)6-8-19/h1-4,11H,5-10,18H2. The fourth-order valence-electron chi connectivity index (χ4n) is 2.56. The van der Waals surface area contributed by atoms with E-state index in [1.54, 1.807) is 12.1 Å². The Balaban J connectivity index is 2.04. The summed E-state index contributed by atoms with van der Waals surface area (Å²) in [4.78, 5) is 2.08. The van der Waals surface area contributed by atoms with Crippen molar-refractivity contribution in [2.75, 3.05) is 19.6 Å². The van der Waals surface area contributed by atoms with Crippen LogP contribution in [0.4, 0.5) is 13.2 Å². The minimum Gasteiger partial charge on any atom is -0.330 e. The Bertz CT molecular complexity index is 409. The normalized spacial score (nSPS) is 18.7. The van der Waals surface area contributed by atoms with E-state index in [0.717, 1.165) is 32.0 Å². The molecular formula is C14H19F3N2. The predicted octanol–water partition coefficient (Wildman–Crippen LogP) is 2.88. The lowest BCUT2D eigenvalue weighted by Crippen LogP contribution is -2.36. The molecule has 1 aromatic rings. The van der Waals surface area contributed by atoms with E-state index < -0.39 is 11.7 Å². The van der Waals surface area contributed by atoms with Gasteiger partial charge in [-0.05, 0) is 50.0 Å². The molecule has 1 fully saturated rings. The van der Waals surface area contributed by atoms with Crippen LogP contribution in [0.5, 0.6) is 0 Å². The molecule has 2 nitrogen and oxygen atoms in total. The summed E-state index contributed by atoms with van der Waals surface area (Å²) < 4.78 is 38.7. The predicted molar refractivity (Wildman–Crippen MR) is 68.5 cm³/mol. The highest BCUT2D eigenvalue weighted by Crippen LogP contribution is 2.32. The van der Waals surface area contributed by atoms with Crippen molar-refractivity contribution >= 4 is 0 Å². The van der Waals surface area contributed by atoms with Gasteiger partial charge in [0, 0.05) is 6.54 Å². The van der Waals surface area contributed by atoms with Crippen molar-refractivity contribution in [3.05, 3.63) is 35.4 Å². The van der Waals surface area contributed by atoms with Gasteiger partial charge in [0.1, 0.15) is 0 Å². The Labute approximate surface area is 111 Å². The van der Waals surface area contributed by atoms with Gasteiger partial charge < -0.3 is 5.73 Å². The molecule has 0 unspecified atom stereocenters. The molecule has 1 aromatic carbocycles. The van der Waals surface area contributed by atoms with Gasteiger partial charge in [-0.25, -0.2) is 0 Å². The quantitative estimate of drug-likeness (QED) is 0.916. The van der Waals surface area contributed by atoms with Crippen LogP contribution in [-0.2, 0) is 12.7 Å². The third-order valence-corrected chi connectivity index (χ3v) is 3.76. The van der Waals surface area contributed by atoms with Crippen molar-refractivity contribution in [2.24, 2.45) is 11.7 Å². The lowest BCUT2D eigenvalue weighted by Gasteiger charge is -2.31.